The van der Waals surface area contributed by atoms with Crippen molar-refractivity contribution in [3.8, 4) is 0 Å². The highest BCUT2D eigenvalue weighted by molar-refractivity contribution is 8.01. The van der Waals surface area contributed by atoms with E-state index in [0.717, 1.165) is 36.1 Å². The number of aryl methyl sites for hydroxylation is 1. The topological polar surface area (TPSA) is 110 Å². The summed E-state index contributed by atoms with van der Waals surface area (Å²) in [7, 11) is 0. The number of amides is 2. The predicted octanol–water partition coefficient (Wildman–Crippen LogP) is 3.73. The molecule has 0 saturated heterocycles. The maximum absolute atomic E-state index is 12.5. The van der Waals surface area contributed by atoms with Gasteiger partial charge in [0.15, 0.2) is 4.34 Å². The lowest BCUT2D eigenvalue weighted by atomic mass is 9.95. The van der Waals surface area contributed by atoms with Crippen LogP contribution in [0.5, 0.6) is 0 Å². The van der Waals surface area contributed by atoms with Crippen molar-refractivity contribution in [3.63, 3.8) is 0 Å². The number of thioether (sulfide) groups is 1. The van der Waals surface area contributed by atoms with Gasteiger partial charge in [-0.2, -0.15) is 0 Å². The molecular formula is C18H22N4O4S3. The molecule has 2 heterocycles. The fourth-order valence-corrected chi connectivity index (χ4v) is 5.75. The first-order valence-corrected chi connectivity index (χ1v) is 12.0. The molecule has 0 saturated carbocycles. The van der Waals surface area contributed by atoms with Crippen molar-refractivity contribution in [1.29, 1.82) is 0 Å². The van der Waals surface area contributed by atoms with Gasteiger partial charge in [-0.3, -0.25) is 9.59 Å². The van der Waals surface area contributed by atoms with Crippen LogP contribution in [0, 0.1) is 0 Å². The Hall–Kier alpha value is -1.98. The number of nitrogens with zero attached hydrogens (tertiary/aromatic N) is 2. The minimum Gasteiger partial charge on any atom is -0.462 e. The fraction of sp³-hybridized carbons (Fsp3) is 0.500. The Bertz CT molecular complexity index is 909. The highest BCUT2D eigenvalue weighted by atomic mass is 32.2. The van der Waals surface area contributed by atoms with E-state index in [2.05, 4.69) is 20.8 Å². The van der Waals surface area contributed by atoms with Crippen LogP contribution in [-0.2, 0) is 27.2 Å². The number of carbonyl (C=O) groups is 3. The summed E-state index contributed by atoms with van der Waals surface area (Å²) in [5, 5.41) is 14.4. The van der Waals surface area contributed by atoms with Crippen LogP contribution in [-0.4, -0.2) is 40.3 Å². The molecule has 11 heteroatoms. The molecule has 3 rings (SSSR count). The third-order valence-electron chi connectivity index (χ3n) is 4.20. The van der Waals surface area contributed by atoms with Crippen molar-refractivity contribution in [2.24, 2.45) is 0 Å². The standard InChI is InChI=1S/C18H22N4O4S3/c1-3-12(23)20-17-21-22-18(29-17)27-9-13(24)19-15-14(16(25)26-4-2)10-7-5-6-8-11(10)28-15/h3-9H2,1-2H3,(H,19,24)(H,20,21,23). The highest BCUT2D eigenvalue weighted by Crippen LogP contribution is 2.38. The van der Waals surface area contributed by atoms with E-state index in [9.17, 15) is 14.4 Å². The van der Waals surface area contributed by atoms with Crippen molar-refractivity contribution in [3.05, 3.63) is 16.0 Å². The molecule has 0 aromatic carbocycles. The highest BCUT2D eigenvalue weighted by Gasteiger charge is 2.27. The summed E-state index contributed by atoms with van der Waals surface area (Å²) in [5.41, 5.74) is 1.52. The van der Waals surface area contributed by atoms with E-state index < -0.39 is 0 Å². The molecule has 2 N–H and O–H groups in total. The summed E-state index contributed by atoms with van der Waals surface area (Å²) in [5.74, 6) is -0.617. The quantitative estimate of drug-likeness (QED) is 0.355. The van der Waals surface area contributed by atoms with Crippen molar-refractivity contribution in [2.45, 2.75) is 50.3 Å². The minimum absolute atomic E-state index is 0.126. The number of ether oxygens (including phenoxy) is 1. The number of rotatable bonds is 8. The molecule has 1 aliphatic rings. The Morgan fingerprint density at radius 1 is 1.07 bits per heavy atom. The first-order chi connectivity index (χ1) is 14.0. The number of hydrogen-bond acceptors (Lipinski definition) is 9. The van der Waals surface area contributed by atoms with Crippen LogP contribution in [0.3, 0.4) is 0 Å². The van der Waals surface area contributed by atoms with Crippen LogP contribution in [0.25, 0.3) is 0 Å². The summed E-state index contributed by atoms with van der Waals surface area (Å²) < 4.78 is 5.79. The lowest BCUT2D eigenvalue weighted by Gasteiger charge is -2.12. The number of anilines is 2. The van der Waals surface area contributed by atoms with Gasteiger partial charge in [-0.05, 0) is 38.2 Å². The van der Waals surface area contributed by atoms with Gasteiger partial charge in [0.05, 0.1) is 17.9 Å². The van der Waals surface area contributed by atoms with Gasteiger partial charge in [0.1, 0.15) is 5.00 Å². The van der Waals surface area contributed by atoms with Gasteiger partial charge < -0.3 is 15.4 Å². The first kappa shape index (κ1) is 21.7. The van der Waals surface area contributed by atoms with Gasteiger partial charge in [0, 0.05) is 11.3 Å². The Balaban J connectivity index is 1.64. The predicted molar refractivity (Wildman–Crippen MR) is 115 cm³/mol. The second-order valence-electron chi connectivity index (χ2n) is 6.25. The first-order valence-electron chi connectivity index (χ1n) is 9.39. The summed E-state index contributed by atoms with van der Waals surface area (Å²) in [6.45, 7) is 3.81. The molecule has 0 bridgehead atoms. The molecule has 0 fully saturated rings. The fourth-order valence-electron chi connectivity index (χ4n) is 2.89. The van der Waals surface area contributed by atoms with Crippen molar-refractivity contribution in [1.82, 2.24) is 10.2 Å². The van der Waals surface area contributed by atoms with E-state index >= 15 is 0 Å². The Kier molecular flexibility index (Phi) is 7.62. The van der Waals surface area contributed by atoms with Gasteiger partial charge in [-0.25, -0.2) is 4.79 Å². The SMILES string of the molecule is CCOC(=O)c1c(NC(=O)CSc2nnc(NC(=O)CC)s2)sc2c1CCCC2. The maximum atomic E-state index is 12.5. The molecule has 2 amide bonds. The van der Waals surface area contributed by atoms with Crippen LogP contribution >= 0.6 is 34.4 Å². The largest absolute Gasteiger partial charge is 0.462 e. The van der Waals surface area contributed by atoms with Crippen LogP contribution in [0.15, 0.2) is 4.34 Å². The molecular weight excluding hydrogens is 432 g/mol. The molecule has 156 valence electrons. The van der Waals surface area contributed by atoms with E-state index in [4.69, 9.17) is 4.74 Å². The number of nitrogens with one attached hydrogen (secondary N) is 2. The van der Waals surface area contributed by atoms with Crippen molar-refractivity contribution >= 4 is 62.4 Å². The molecule has 0 unspecified atom stereocenters. The van der Waals surface area contributed by atoms with Gasteiger partial charge in [0.25, 0.3) is 0 Å². The van der Waals surface area contributed by atoms with Crippen LogP contribution in [0.1, 0.15) is 53.9 Å². The third kappa shape index (κ3) is 5.55. The Morgan fingerprint density at radius 2 is 1.86 bits per heavy atom. The number of fused-ring (bicyclic) bond motifs is 1. The van der Waals surface area contributed by atoms with E-state index in [1.54, 1.807) is 13.8 Å². The van der Waals surface area contributed by atoms with E-state index in [0.29, 0.717) is 33.1 Å². The van der Waals surface area contributed by atoms with E-state index in [-0.39, 0.29) is 23.5 Å². The second kappa shape index (κ2) is 10.2. The minimum atomic E-state index is -0.379. The van der Waals surface area contributed by atoms with Crippen LogP contribution < -0.4 is 10.6 Å². The molecule has 0 radical (unpaired) electrons. The number of thiophene rings is 1. The number of carbonyl (C=O) groups excluding carboxylic acids is 3. The number of aromatic nitrogens is 2. The summed E-state index contributed by atoms with van der Waals surface area (Å²) in [6, 6.07) is 0. The van der Waals surface area contributed by atoms with Gasteiger partial charge in [0.2, 0.25) is 16.9 Å². The number of esters is 1. The molecule has 0 aliphatic heterocycles. The molecule has 8 nitrogen and oxygen atoms in total. The lowest BCUT2D eigenvalue weighted by molar-refractivity contribution is -0.116. The van der Waals surface area contributed by atoms with Crippen LogP contribution in [0.4, 0.5) is 10.1 Å². The van der Waals surface area contributed by atoms with Gasteiger partial charge in [-0.15, -0.1) is 21.5 Å². The lowest BCUT2D eigenvalue weighted by Crippen LogP contribution is -2.17. The van der Waals surface area contributed by atoms with Crippen LogP contribution in [0.2, 0.25) is 0 Å². The molecule has 2 aromatic heterocycles. The Morgan fingerprint density at radius 3 is 2.62 bits per heavy atom. The van der Waals surface area contributed by atoms with Crippen molar-refractivity contribution in [2.75, 3.05) is 23.0 Å². The monoisotopic (exact) mass is 454 g/mol. The zero-order valence-electron chi connectivity index (χ0n) is 16.2. The van der Waals surface area contributed by atoms with E-state index in [1.165, 1.54) is 34.4 Å². The van der Waals surface area contributed by atoms with Crippen molar-refractivity contribution < 1.29 is 19.1 Å². The Labute approximate surface area is 180 Å². The van der Waals surface area contributed by atoms with Gasteiger partial charge >= 0.3 is 5.97 Å². The average Bonchev–Trinajstić information content (AvgIpc) is 3.30. The summed E-state index contributed by atoms with van der Waals surface area (Å²) in [4.78, 5) is 37.5. The van der Waals surface area contributed by atoms with E-state index in [1.807, 2.05) is 0 Å². The molecule has 0 atom stereocenters. The average molecular weight is 455 g/mol. The normalized spacial score (nSPS) is 12.9. The zero-order chi connectivity index (χ0) is 20.8. The molecule has 1 aliphatic carbocycles. The molecule has 0 spiro atoms. The molecule has 29 heavy (non-hydrogen) atoms. The van der Waals surface area contributed by atoms with Gasteiger partial charge in [-0.1, -0.05) is 30.0 Å². The smallest absolute Gasteiger partial charge is 0.341 e. The second-order valence-corrected chi connectivity index (χ2v) is 9.55. The molecule has 2 aromatic rings. The zero-order valence-corrected chi connectivity index (χ0v) is 18.7. The summed E-state index contributed by atoms with van der Waals surface area (Å²) in [6.07, 6.45) is 4.24. The summed E-state index contributed by atoms with van der Waals surface area (Å²) >= 11 is 3.92. The number of hydrogen-bond donors (Lipinski definition) is 2. The maximum Gasteiger partial charge on any atom is 0.341 e. The third-order valence-corrected chi connectivity index (χ3v) is 7.38.